The minimum Gasteiger partial charge on any atom is -0.262 e. The largest absolute Gasteiger partial charge is 0.264 e. The Balaban J connectivity index is 1.87. The second-order valence-corrected chi connectivity index (χ2v) is 13.4. The van der Waals surface area contributed by atoms with Crippen molar-refractivity contribution in [2.45, 2.75) is 44.2 Å². The Bertz CT molecular complexity index is 1580. The molecule has 0 bridgehead atoms. The summed E-state index contributed by atoms with van der Waals surface area (Å²) in [5.74, 6) is -0.453. The Hall–Kier alpha value is -2.72. The van der Waals surface area contributed by atoms with E-state index in [1.54, 1.807) is 69.3 Å². The van der Waals surface area contributed by atoms with Gasteiger partial charge in [-0.25, -0.2) is 25.9 Å². The van der Waals surface area contributed by atoms with Crippen LogP contribution in [-0.2, 0) is 26.5 Å². The second-order valence-electron chi connectivity index (χ2n) is 9.37. The van der Waals surface area contributed by atoms with Gasteiger partial charge < -0.3 is 0 Å². The first-order chi connectivity index (χ1) is 17.3. The number of anilines is 1. The van der Waals surface area contributed by atoms with Crippen molar-refractivity contribution in [1.82, 2.24) is 4.72 Å². The highest BCUT2D eigenvalue weighted by molar-refractivity contribution is 7.93. The molecule has 0 amide bonds. The van der Waals surface area contributed by atoms with Gasteiger partial charge >= 0.3 is 0 Å². The normalized spacial score (nSPS) is 18.5. The minimum atomic E-state index is -4.05. The fraction of sp³-hybridized carbons (Fsp3) is 0.259. The maximum Gasteiger partial charge on any atom is 0.264 e. The SMILES string of the molecule is C/C(=C\c1ccc2c(c1)N(S(=O)(=O)c1cccc(C)c1)[C@H](C)[C@H](NS(C)(=O)=O)C2)c1c(F)cccc1Cl. The maximum atomic E-state index is 14.5. The first kappa shape index (κ1) is 27.3. The lowest BCUT2D eigenvalue weighted by molar-refractivity contribution is 0.475. The lowest BCUT2D eigenvalue weighted by Gasteiger charge is -2.41. The molecule has 0 aliphatic carbocycles. The van der Waals surface area contributed by atoms with Gasteiger partial charge in [0, 0.05) is 11.6 Å². The maximum absolute atomic E-state index is 14.5. The smallest absolute Gasteiger partial charge is 0.262 e. The van der Waals surface area contributed by atoms with E-state index >= 15 is 0 Å². The molecule has 37 heavy (non-hydrogen) atoms. The number of nitrogens with zero attached hydrogens (tertiary/aromatic N) is 1. The van der Waals surface area contributed by atoms with Crippen molar-refractivity contribution in [1.29, 1.82) is 0 Å². The standard InChI is InChI=1S/C27H28ClFN2O4S2/c1-17-7-5-8-22(13-17)37(34,35)31-19(3)25(30-36(4,32)33)16-21-12-11-20(15-26(21)31)14-18(2)27-23(28)9-6-10-24(27)29/h5-15,19,25,30H,16H2,1-4H3/b18-14+/t19-,25-/m1/s1. The molecule has 0 saturated heterocycles. The van der Waals surface area contributed by atoms with E-state index in [-0.39, 0.29) is 15.5 Å². The third-order valence-corrected chi connectivity index (χ3v) is 9.33. The first-order valence-electron chi connectivity index (χ1n) is 11.6. The summed E-state index contributed by atoms with van der Waals surface area (Å²) in [6.45, 7) is 5.23. The number of benzene rings is 3. The van der Waals surface area contributed by atoms with Gasteiger partial charge in [0.05, 0.1) is 27.9 Å². The highest BCUT2D eigenvalue weighted by Crippen LogP contribution is 2.38. The minimum absolute atomic E-state index is 0.112. The van der Waals surface area contributed by atoms with E-state index in [1.807, 2.05) is 0 Å². The third kappa shape index (κ3) is 5.75. The summed E-state index contributed by atoms with van der Waals surface area (Å²) in [7, 11) is -7.64. The Morgan fingerprint density at radius 3 is 2.43 bits per heavy atom. The molecule has 4 rings (SSSR count). The Kier molecular flexibility index (Phi) is 7.54. The van der Waals surface area contributed by atoms with Gasteiger partial charge in [-0.15, -0.1) is 0 Å². The summed E-state index contributed by atoms with van der Waals surface area (Å²) >= 11 is 6.23. The fourth-order valence-corrected chi connectivity index (χ4v) is 7.66. The molecule has 0 spiro atoms. The molecular weight excluding hydrogens is 535 g/mol. The number of hydrogen-bond acceptors (Lipinski definition) is 4. The van der Waals surface area contributed by atoms with Crippen molar-refractivity contribution < 1.29 is 21.2 Å². The average molecular weight is 563 g/mol. The van der Waals surface area contributed by atoms with Crippen molar-refractivity contribution >= 4 is 49.0 Å². The van der Waals surface area contributed by atoms with Crippen molar-refractivity contribution in [3.63, 3.8) is 0 Å². The van der Waals surface area contributed by atoms with Crippen molar-refractivity contribution in [2.24, 2.45) is 0 Å². The zero-order chi connectivity index (χ0) is 27.1. The Morgan fingerprint density at radius 1 is 1.08 bits per heavy atom. The summed E-state index contributed by atoms with van der Waals surface area (Å²) < 4.78 is 70.4. The molecule has 3 aromatic rings. The summed E-state index contributed by atoms with van der Waals surface area (Å²) in [4.78, 5) is 0.112. The van der Waals surface area contributed by atoms with Gasteiger partial charge in [0.2, 0.25) is 10.0 Å². The summed E-state index contributed by atoms with van der Waals surface area (Å²) in [5.41, 5.74) is 3.41. The number of halogens is 2. The van der Waals surface area contributed by atoms with Crippen LogP contribution in [0.15, 0.2) is 65.6 Å². The van der Waals surface area contributed by atoms with Crippen LogP contribution in [0.4, 0.5) is 10.1 Å². The predicted octanol–water partition coefficient (Wildman–Crippen LogP) is 5.41. The second kappa shape index (κ2) is 10.2. The van der Waals surface area contributed by atoms with E-state index in [9.17, 15) is 21.2 Å². The molecule has 6 nitrogen and oxygen atoms in total. The van der Waals surface area contributed by atoms with Crippen LogP contribution in [0.3, 0.4) is 0 Å². The number of aryl methyl sites for hydroxylation is 1. The number of rotatable bonds is 6. The molecule has 0 fully saturated rings. The Morgan fingerprint density at radius 2 is 1.78 bits per heavy atom. The van der Waals surface area contributed by atoms with E-state index in [0.29, 0.717) is 28.8 Å². The average Bonchev–Trinajstić information content (AvgIpc) is 2.78. The highest BCUT2D eigenvalue weighted by Gasteiger charge is 2.40. The summed E-state index contributed by atoms with van der Waals surface area (Å²) in [6, 6.07) is 15.0. The van der Waals surface area contributed by atoms with Crippen LogP contribution in [0.2, 0.25) is 5.02 Å². The Labute approximate surface area is 222 Å². The van der Waals surface area contributed by atoms with Gasteiger partial charge in [0.1, 0.15) is 5.82 Å². The monoisotopic (exact) mass is 562 g/mol. The molecule has 3 aromatic carbocycles. The lowest BCUT2D eigenvalue weighted by atomic mass is 9.93. The number of allylic oxidation sites excluding steroid dienone is 1. The number of fused-ring (bicyclic) bond motifs is 1. The van der Waals surface area contributed by atoms with Gasteiger partial charge in [0.25, 0.3) is 10.0 Å². The van der Waals surface area contributed by atoms with Crippen molar-refractivity contribution in [3.8, 4) is 0 Å². The number of hydrogen-bond donors (Lipinski definition) is 1. The molecule has 0 aromatic heterocycles. The summed E-state index contributed by atoms with van der Waals surface area (Å²) in [5, 5.41) is 0.277. The molecule has 1 N–H and O–H groups in total. The molecular formula is C27H28ClFN2O4S2. The van der Waals surface area contributed by atoms with E-state index < -0.39 is 37.9 Å². The zero-order valence-electron chi connectivity index (χ0n) is 20.9. The van der Waals surface area contributed by atoms with Crippen molar-refractivity contribution in [2.75, 3.05) is 10.6 Å². The quantitative estimate of drug-likeness (QED) is 0.407. The predicted molar refractivity (Wildman–Crippen MR) is 147 cm³/mol. The first-order valence-corrected chi connectivity index (χ1v) is 15.3. The zero-order valence-corrected chi connectivity index (χ0v) is 23.3. The van der Waals surface area contributed by atoms with Gasteiger partial charge in [-0.3, -0.25) is 4.31 Å². The molecule has 0 radical (unpaired) electrons. The lowest BCUT2D eigenvalue weighted by Crippen LogP contribution is -2.56. The molecule has 2 atom stereocenters. The molecule has 1 aliphatic heterocycles. The molecule has 0 saturated carbocycles. The van der Waals surface area contributed by atoms with Gasteiger partial charge in [0.15, 0.2) is 0 Å². The van der Waals surface area contributed by atoms with Crippen LogP contribution >= 0.6 is 11.6 Å². The van der Waals surface area contributed by atoms with E-state index in [0.717, 1.165) is 11.8 Å². The summed E-state index contributed by atoms with van der Waals surface area (Å²) in [6.07, 6.45) is 3.11. The van der Waals surface area contributed by atoms with Crippen LogP contribution in [-0.4, -0.2) is 35.2 Å². The van der Waals surface area contributed by atoms with E-state index in [1.165, 1.54) is 22.5 Å². The molecule has 196 valence electrons. The molecule has 1 aliphatic rings. The van der Waals surface area contributed by atoms with Gasteiger partial charge in [-0.2, -0.15) is 0 Å². The number of nitrogens with one attached hydrogen (secondary N) is 1. The van der Waals surface area contributed by atoms with Crippen LogP contribution in [0, 0.1) is 12.7 Å². The van der Waals surface area contributed by atoms with Crippen molar-refractivity contribution in [3.05, 3.63) is 93.8 Å². The van der Waals surface area contributed by atoms with Crippen LogP contribution in [0.5, 0.6) is 0 Å². The molecule has 10 heteroatoms. The fourth-order valence-electron chi connectivity index (χ4n) is 4.69. The van der Waals surface area contributed by atoms with Crippen LogP contribution in [0.1, 0.15) is 36.1 Å². The van der Waals surface area contributed by atoms with E-state index in [4.69, 9.17) is 11.6 Å². The van der Waals surface area contributed by atoms with Crippen LogP contribution < -0.4 is 9.03 Å². The molecule has 0 unspecified atom stereocenters. The van der Waals surface area contributed by atoms with Gasteiger partial charge in [-0.05, 0) is 79.8 Å². The third-order valence-electron chi connectivity index (χ3n) is 6.39. The topological polar surface area (TPSA) is 83.6 Å². The van der Waals surface area contributed by atoms with Crippen LogP contribution in [0.25, 0.3) is 11.6 Å². The van der Waals surface area contributed by atoms with Gasteiger partial charge in [-0.1, -0.05) is 48.0 Å². The highest BCUT2D eigenvalue weighted by atomic mass is 35.5. The number of sulfonamides is 2. The van der Waals surface area contributed by atoms with E-state index in [2.05, 4.69) is 4.72 Å². The molecule has 1 heterocycles.